The number of rotatable bonds is 5. The number of hydrogen-bond donors (Lipinski definition) is 3. The van der Waals surface area contributed by atoms with E-state index in [9.17, 15) is 9.59 Å². The van der Waals surface area contributed by atoms with Crippen molar-refractivity contribution < 1.29 is 19.4 Å². The molecular formula is C13H17BrN2O4. The van der Waals surface area contributed by atoms with Gasteiger partial charge in [0, 0.05) is 11.6 Å². The van der Waals surface area contributed by atoms with E-state index in [0.717, 1.165) is 0 Å². The van der Waals surface area contributed by atoms with Crippen LogP contribution < -0.4 is 10.6 Å². The van der Waals surface area contributed by atoms with Gasteiger partial charge in [0.2, 0.25) is 0 Å². The van der Waals surface area contributed by atoms with E-state index in [2.05, 4.69) is 26.6 Å². The van der Waals surface area contributed by atoms with Crippen molar-refractivity contribution in [2.75, 3.05) is 19.0 Å². The number of methoxy groups -OCH3 is 1. The number of carbonyl (C=O) groups is 2. The first-order chi connectivity index (χ1) is 9.26. The van der Waals surface area contributed by atoms with Crippen LogP contribution in [-0.4, -0.2) is 36.4 Å². The first kappa shape index (κ1) is 16.5. The van der Waals surface area contributed by atoms with Crippen LogP contribution in [0.1, 0.15) is 24.2 Å². The summed E-state index contributed by atoms with van der Waals surface area (Å²) in [6.45, 7) is 3.94. The van der Waals surface area contributed by atoms with E-state index in [0.29, 0.717) is 11.1 Å². The first-order valence-corrected chi connectivity index (χ1v) is 6.66. The zero-order valence-electron chi connectivity index (χ0n) is 11.5. The molecule has 0 aliphatic rings. The molecule has 0 aliphatic carbocycles. The van der Waals surface area contributed by atoms with Gasteiger partial charge in [-0.3, -0.25) is 0 Å². The van der Waals surface area contributed by atoms with Gasteiger partial charge in [-0.25, -0.2) is 9.59 Å². The van der Waals surface area contributed by atoms with Gasteiger partial charge in [-0.1, -0.05) is 6.07 Å². The molecule has 0 radical (unpaired) electrons. The topological polar surface area (TPSA) is 87.7 Å². The lowest BCUT2D eigenvalue weighted by molar-refractivity contribution is 0.0698. The minimum atomic E-state index is -1.11. The molecule has 1 rings (SSSR count). The summed E-state index contributed by atoms with van der Waals surface area (Å²) in [4.78, 5) is 23.1. The van der Waals surface area contributed by atoms with Gasteiger partial charge in [0.15, 0.2) is 0 Å². The number of anilines is 1. The Bertz CT molecular complexity index is 517. The number of hydrogen-bond acceptors (Lipinski definition) is 3. The smallest absolute Gasteiger partial charge is 0.337 e. The molecule has 0 fully saturated rings. The van der Waals surface area contributed by atoms with Crippen LogP contribution in [0, 0.1) is 0 Å². The highest BCUT2D eigenvalue weighted by Crippen LogP contribution is 2.26. The van der Waals surface area contributed by atoms with Gasteiger partial charge < -0.3 is 20.5 Å². The fraction of sp³-hybridized carbons (Fsp3) is 0.385. The van der Waals surface area contributed by atoms with Crippen molar-refractivity contribution in [2.24, 2.45) is 0 Å². The van der Waals surface area contributed by atoms with E-state index < -0.39 is 17.5 Å². The maximum atomic E-state index is 11.9. The number of benzene rings is 1. The molecule has 7 heteroatoms. The van der Waals surface area contributed by atoms with E-state index in [4.69, 9.17) is 9.84 Å². The summed E-state index contributed by atoms with van der Waals surface area (Å²) in [7, 11) is 1.54. The van der Waals surface area contributed by atoms with Crippen LogP contribution in [-0.2, 0) is 4.74 Å². The minimum Gasteiger partial charge on any atom is -0.478 e. The van der Waals surface area contributed by atoms with Crippen molar-refractivity contribution in [1.29, 1.82) is 0 Å². The standard InChI is InChI=1S/C13H17BrN2O4/c1-13(2,7-20-3)16-12(19)15-10-8(11(17)18)5-4-6-9(10)14/h4-6H,7H2,1-3H3,(H,17,18)(H2,15,16,19). The maximum absolute atomic E-state index is 11.9. The van der Waals surface area contributed by atoms with E-state index in [-0.39, 0.29) is 11.3 Å². The molecule has 6 nitrogen and oxygen atoms in total. The highest BCUT2D eigenvalue weighted by molar-refractivity contribution is 9.10. The van der Waals surface area contributed by atoms with Crippen molar-refractivity contribution in [2.45, 2.75) is 19.4 Å². The van der Waals surface area contributed by atoms with Crippen molar-refractivity contribution in [1.82, 2.24) is 5.32 Å². The van der Waals surface area contributed by atoms with Gasteiger partial charge in [-0.2, -0.15) is 0 Å². The van der Waals surface area contributed by atoms with Gasteiger partial charge in [0.25, 0.3) is 0 Å². The lowest BCUT2D eigenvalue weighted by atomic mass is 10.1. The van der Waals surface area contributed by atoms with Crippen molar-refractivity contribution in [3.8, 4) is 0 Å². The van der Waals surface area contributed by atoms with Crippen LogP contribution in [0.15, 0.2) is 22.7 Å². The predicted molar refractivity (Wildman–Crippen MR) is 79.2 cm³/mol. The summed E-state index contributed by atoms with van der Waals surface area (Å²) in [5.41, 5.74) is -0.339. The summed E-state index contributed by atoms with van der Waals surface area (Å²) in [5, 5.41) is 14.4. The molecule has 1 aromatic rings. The van der Waals surface area contributed by atoms with Crippen LogP contribution in [0.4, 0.5) is 10.5 Å². The summed E-state index contributed by atoms with van der Waals surface area (Å²) < 4.78 is 5.49. The highest BCUT2D eigenvalue weighted by Gasteiger charge is 2.22. The number of ether oxygens (including phenoxy) is 1. The summed E-state index contributed by atoms with van der Waals surface area (Å²) in [6.07, 6.45) is 0. The molecular weight excluding hydrogens is 328 g/mol. The second kappa shape index (κ2) is 6.71. The molecule has 0 atom stereocenters. The molecule has 110 valence electrons. The van der Waals surface area contributed by atoms with Crippen LogP contribution in [0.25, 0.3) is 0 Å². The Morgan fingerprint density at radius 3 is 2.60 bits per heavy atom. The number of carboxylic acid groups (broad SMARTS) is 1. The molecule has 0 saturated carbocycles. The SMILES string of the molecule is COCC(C)(C)NC(=O)Nc1c(Br)cccc1C(=O)O. The molecule has 0 aromatic heterocycles. The zero-order chi connectivity index (χ0) is 15.3. The van der Waals surface area contributed by atoms with Crippen LogP contribution in [0.2, 0.25) is 0 Å². The third-order valence-corrected chi connectivity index (χ3v) is 3.10. The maximum Gasteiger partial charge on any atom is 0.337 e. The van der Waals surface area contributed by atoms with Gasteiger partial charge in [-0.15, -0.1) is 0 Å². The Balaban J connectivity index is 2.89. The number of halogens is 1. The number of para-hydroxylation sites is 1. The number of carbonyl (C=O) groups excluding carboxylic acids is 1. The molecule has 0 heterocycles. The summed E-state index contributed by atoms with van der Waals surface area (Å²) in [6, 6.07) is 4.16. The van der Waals surface area contributed by atoms with Crippen LogP contribution in [0.5, 0.6) is 0 Å². The molecule has 0 unspecified atom stereocenters. The Kier molecular flexibility index (Phi) is 5.52. The minimum absolute atomic E-state index is 0.0130. The number of urea groups is 1. The second-order valence-electron chi connectivity index (χ2n) is 4.86. The largest absolute Gasteiger partial charge is 0.478 e. The molecule has 20 heavy (non-hydrogen) atoms. The first-order valence-electron chi connectivity index (χ1n) is 5.87. The third-order valence-electron chi connectivity index (χ3n) is 2.44. The van der Waals surface area contributed by atoms with Gasteiger partial charge in [0.1, 0.15) is 0 Å². The molecule has 0 aliphatic heterocycles. The predicted octanol–water partition coefficient (Wildman–Crippen LogP) is 2.69. The van der Waals surface area contributed by atoms with Crippen LogP contribution >= 0.6 is 15.9 Å². The molecule has 2 amide bonds. The zero-order valence-corrected chi connectivity index (χ0v) is 13.1. The number of amides is 2. The monoisotopic (exact) mass is 344 g/mol. The molecule has 1 aromatic carbocycles. The normalized spacial score (nSPS) is 11.0. The Morgan fingerprint density at radius 2 is 2.05 bits per heavy atom. The van der Waals surface area contributed by atoms with E-state index in [1.54, 1.807) is 26.0 Å². The van der Waals surface area contributed by atoms with Gasteiger partial charge >= 0.3 is 12.0 Å². The number of nitrogens with one attached hydrogen (secondary N) is 2. The van der Waals surface area contributed by atoms with Crippen molar-refractivity contribution in [3.63, 3.8) is 0 Å². The Morgan fingerprint density at radius 1 is 1.40 bits per heavy atom. The molecule has 0 saturated heterocycles. The van der Waals surface area contributed by atoms with E-state index >= 15 is 0 Å². The lowest BCUT2D eigenvalue weighted by Crippen LogP contribution is -2.48. The molecule has 0 spiro atoms. The number of aromatic carboxylic acids is 1. The van der Waals surface area contributed by atoms with E-state index in [1.807, 2.05) is 0 Å². The third kappa shape index (κ3) is 4.50. The molecule has 3 N–H and O–H groups in total. The van der Waals surface area contributed by atoms with Crippen LogP contribution in [0.3, 0.4) is 0 Å². The van der Waals surface area contributed by atoms with Gasteiger partial charge in [0.05, 0.1) is 23.4 Å². The van der Waals surface area contributed by atoms with E-state index in [1.165, 1.54) is 13.2 Å². The quantitative estimate of drug-likeness (QED) is 0.766. The fourth-order valence-corrected chi connectivity index (χ4v) is 2.14. The Hall–Kier alpha value is -1.60. The fourth-order valence-electron chi connectivity index (χ4n) is 1.68. The second-order valence-corrected chi connectivity index (χ2v) is 5.72. The Labute approximate surface area is 125 Å². The molecule has 0 bridgehead atoms. The summed E-state index contributed by atoms with van der Waals surface area (Å²) >= 11 is 3.22. The average Bonchev–Trinajstić information content (AvgIpc) is 2.30. The summed E-state index contributed by atoms with van der Waals surface area (Å²) in [5.74, 6) is -1.11. The van der Waals surface area contributed by atoms with Gasteiger partial charge in [-0.05, 0) is 41.9 Å². The number of carboxylic acids is 1. The lowest BCUT2D eigenvalue weighted by Gasteiger charge is -2.25. The van der Waals surface area contributed by atoms with Crippen molar-refractivity contribution >= 4 is 33.6 Å². The highest BCUT2D eigenvalue weighted by atomic mass is 79.9. The average molecular weight is 345 g/mol. The van der Waals surface area contributed by atoms with Crippen molar-refractivity contribution in [3.05, 3.63) is 28.2 Å².